The van der Waals surface area contributed by atoms with E-state index < -0.39 is 0 Å². The second-order valence-corrected chi connectivity index (χ2v) is 6.33. The molecule has 1 heterocycles. The summed E-state index contributed by atoms with van der Waals surface area (Å²) in [6.45, 7) is 2.80. The molecule has 3 nitrogen and oxygen atoms in total. The third kappa shape index (κ3) is 4.03. The molecule has 2 atom stereocenters. The molecule has 1 spiro atoms. The number of hydrogen-bond acceptors (Lipinski definition) is 3. The number of Topliss-reactive ketones (excluding diaryl/α,β-unsaturated/α-hetero) is 1. The van der Waals surface area contributed by atoms with Crippen molar-refractivity contribution in [3.05, 3.63) is 0 Å². The van der Waals surface area contributed by atoms with Gasteiger partial charge in [-0.3, -0.25) is 4.79 Å². The Morgan fingerprint density at radius 2 is 2.11 bits per heavy atom. The van der Waals surface area contributed by atoms with Gasteiger partial charge < -0.3 is 9.47 Å². The summed E-state index contributed by atoms with van der Waals surface area (Å²) in [6.07, 6.45) is 9.76. The SMILES string of the molecule is COC(C)CCC(=O)C1CCOC2(CCCCC2)C1. The van der Waals surface area contributed by atoms with Crippen molar-refractivity contribution in [2.24, 2.45) is 5.92 Å². The molecule has 0 bridgehead atoms. The Morgan fingerprint density at radius 1 is 1.37 bits per heavy atom. The molecular formula is C16H28O3. The molecule has 2 rings (SSSR count). The summed E-state index contributed by atoms with van der Waals surface area (Å²) in [6, 6.07) is 0. The lowest BCUT2D eigenvalue weighted by molar-refractivity contribution is -0.143. The van der Waals surface area contributed by atoms with E-state index in [1.54, 1.807) is 7.11 Å². The van der Waals surface area contributed by atoms with E-state index in [1.165, 1.54) is 19.3 Å². The van der Waals surface area contributed by atoms with Gasteiger partial charge in [0.2, 0.25) is 0 Å². The van der Waals surface area contributed by atoms with Crippen LogP contribution in [0.4, 0.5) is 0 Å². The molecule has 0 radical (unpaired) electrons. The van der Waals surface area contributed by atoms with Crippen molar-refractivity contribution < 1.29 is 14.3 Å². The molecule has 0 aromatic heterocycles. The van der Waals surface area contributed by atoms with Gasteiger partial charge in [0, 0.05) is 26.1 Å². The summed E-state index contributed by atoms with van der Waals surface area (Å²) in [4.78, 5) is 12.3. The van der Waals surface area contributed by atoms with Crippen LogP contribution in [0.3, 0.4) is 0 Å². The lowest BCUT2D eigenvalue weighted by Gasteiger charge is -2.43. The van der Waals surface area contributed by atoms with Gasteiger partial charge in [0.15, 0.2) is 0 Å². The molecule has 19 heavy (non-hydrogen) atoms. The molecule has 1 aliphatic carbocycles. The first-order valence-electron chi connectivity index (χ1n) is 7.85. The van der Waals surface area contributed by atoms with E-state index in [0.717, 1.165) is 38.7 Å². The minimum absolute atomic E-state index is 0.0453. The number of hydrogen-bond donors (Lipinski definition) is 0. The quantitative estimate of drug-likeness (QED) is 0.765. The van der Waals surface area contributed by atoms with Gasteiger partial charge in [-0.15, -0.1) is 0 Å². The predicted molar refractivity (Wildman–Crippen MR) is 75.2 cm³/mol. The Labute approximate surface area is 117 Å². The molecule has 2 fully saturated rings. The monoisotopic (exact) mass is 268 g/mol. The van der Waals surface area contributed by atoms with Crippen LogP contribution in [0.25, 0.3) is 0 Å². The molecule has 0 amide bonds. The number of carbonyl (C=O) groups excluding carboxylic acids is 1. The Kier molecular flexibility index (Phi) is 5.40. The van der Waals surface area contributed by atoms with Gasteiger partial charge in [-0.25, -0.2) is 0 Å². The molecule has 0 aromatic rings. The van der Waals surface area contributed by atoms with Gasteiger partial charge in [-0.1, -0.05) is 19.3 Å². The van der Waals surface area contributed by atoms with Crippen LogP contribution in [-0.2, 0) is 14.3 Å². The molecule has 0 aromatic carbocycles. The maximum absolute atomic E-state index is 12.3. The second-order valence-electron chi connectivity index (χ2n) is 6.33. The van der Waals surface area contributed by atoms with Crippen LogP contribution in [0, 0.1) is 5.92 Å². The molecular weight excluding hydrogens is 240 g/mol. The zero-order valence-corrected chi connectivity index (χ0v) is 12.5. The van der Waals surface area contributed by atoms with Crippen molar-refractivity contribution in [3.8, 4) is 0 Å². The largest absolute Gasteiger partial charge is 0.382 e. The fourth-order valence-electron chi connectivity index (χ4n) is 3.51. The third-order valence-corrected chi connectivity index (χ3v) is 4.91. The minimum atomic E-state index is 0.0453. The number of carbonyl (C=O) groups is 1. The van der Waals surface area contributed by atoms with Crippen molar-refractivity contribution in [1.82, 2.24) is 0 Å². The predicted octanol–water partition coefficient (Wildman–Crippen LogP) is 3.50. The van der Waals surface area contributed by atoms with E-state index in [-0.39, 0.29) is 17.6 Å². The van der Waals surface area contributed by atoms with Gasteiger partial charge in [0.1, 0.15) is 5.78 Å². The Bertz CT molecular complexity index is 289. The van der Waals surface area contributed by atoms with Crippen molar-refractivity contribution in [2.45, 2.75) is 76.4 Å². The Morgan fingerprint density at radius 3 is 2.79 bits per heavy atom. The summed E-state index contributed by atoms with van der Waals surface area (Å²) >= 11 is 0. The van der Waals surface area contributed by atoms with Crippen LogP contribution >= 0.6 is 0 Å². The van der Waals surface area contributed by atoms with Crippen LogP contribution in [-0.4, -0.2) is 31.2 Å². The molecule has 1 saturated carbocycles. The average Bonchev–Trinajstić information content (AvgIpc) is 2.45. The highest BCUT2D eigenvalue weighted by molar-refractivity contribution is 5.81. The van der Waals surface area contributed by atoms with Crippen LogP contribution in [0.1, 0.15) is 64.7 Å². The zero-order chi connectivity index (χ0) is 13.7. The summed E-state index contributed by atoms with van der Waals surface area (Å²) in [7, 11) is 1.71. The molecule has 2 aliphatic rings. The van der Waals surface area contributed by atoms with Crippen LogP contribution < -0.4 is 0 Å². The van der Waals surface area contributed by atoms with Crippen LogP contribution in [0.15, 0.2) is 0 Å². The van der Waals surface area contributed by atoms with E-state index in [0.29, 0.717) is 12.2 Å². The fourth-order valence-corrected chi connectivity index (χ4v) is 3.51. The van der Waals surface area contributed by atoms with Gasteiger partial charge in [-0.05, 0) is 39.0 Å². The standard InChI is InChI=1S/C16H28O3/c1-13(18-2)6-7-15(17)14-8-11-19-16(12-14)9-4-3-5-10-16/h13-14H,3-12H2,1-2H3. The topological polar surface area (TPSA) is 35.5 Å². The summed E-state index contributed by atoms with van der Waals surface area (Å²) in [5, 5.41) is 0. The lowest BCUT2D eigenvalue weighted by atomic mass is 9.74. The van der Waals surface area contributed by atoms with E-state index in [2.05, 4.69) is 0 Å². The number of ketones is 1. The first-order valence-corrected chi connectivity index (χ1v) is 7.85. The minimum Gasteiger partial charge on any atom is -0.382 e. The Balaban J connectivity index is 1.84. The van der Waals surface area contributed by atoms with Crippen molar-refractivity contribution in [1.29, 1.82) is 0 Å². The number of ether oxygens (including phenoxy) is 2. The summed E-state index contributed by atoms with van der Waals surface area (Å²) in [5.74, 6) is 0.660. The molecule has 0 N–H and O–H groups in total. The van der Waals surface area contributed by atoms with Crippen molar-refractivity contribution in [3.63, 3.8) is 0 Å². The van der Waals surface area contributed by atoms with Crippen molar-refractivity contribution >= 4 is 5.78 Å². The average molecular weight is 268 g/mol. The molecule has 110 valence electrons. The van der Waals surface area contributed by atoms with Crippen LogP contribution in [0.5, 0.6) is 0 Å². The van der Waals surface area contributed by atoms with Gasteiger partial charge >= 0.3 is 0 Å². The maximum atomic E-state index is 12.3. The second kappa shape index (κ2) is 6.85. The summed E-state index contributed by atoms with van der Waals surface area (Å²) in [5.41, 5.74) is 0.0453. The summed E-state index contributed by atoms with van der Waals surface area (Å²) < 4.78 is 11.3. The van der Waals surface area contributed by atoms with E-state index in [9.17, 15) is 4.79 Å². The Hall–Kier alpha value is -0.410. The first-order chi connectivity index (χ1) is 9.15. The zero-order valence-electron chi connectivity index (χ0n) is 12.5. The molecule has 1 aliphatic heterocycles. The maximum Gasteiger partial charge on any atom is 0.136 e. The number of methoxy groups -OCH3 is 1. The molecule has 1 saturated heterocycles. The normalized spacial score (nSPS) is 28.2. The van der Waals surface area contributed by atoms with Crippen LogP contribution in [0.2, 0.25) is 0 Å². The van der Waals surface area contributed by atoms with Gasteiger partial charge in [0.05, 0.1) is 11.7 Å². The third-order valence-electron chi connectivity index (χ3n) is 4.91. The highest BCUT2D eigenvalue weighted by atomic mass is 16.5. The van der Waals surface area contributed by atoms with E-state index in [1.807, 2.05) is 6.92 Å². The molecule has 2 unspecified atom stereocenters. The van der Waals surface area contributed by atoms with E-state index in [4.69, 9.17) is 9.47 Å². The highest BCUT2D eigenvalue weighted by Gasteiger charge is 2.40. The first kappa shape index (κ1) is 15.0. The smallest absolute Gasteiger partial charge is 0.136 e. The fraction of sp³-hybridized carbons (Fsp3) is 0.938. The van der Waals surface area contributed by atoms with Gasteiger partial charge in [-0.2, -0.15) is 0 Å². The van der Waals surface area contributed by atoms with E-state index >= 15 is 0 Å². The lowest BCUT2D eigenvalue weighted by Crippen LogP contribution is -2.43. The highest BCUT2D eigenvalue weighted by Crippen LogP contribution is 2.41. The van der Waals surface area contributed by atoms with Gasteiger partial charge in [0.25, 0.3) is 0 Å². The van der Waals surface area contributed by atoms with Crippen molar-refractivity contribution in [2.75, 3.05) is 13.7 Å². The molecule has 3 heteroatoms. The number of rotatable bonds is 5.